The van der Waals surface area contributed by atoms with Crippen LogP contribution in [0.4, 0.5) is 5.69 Å². The Balaban J connectivity index is 1.17. The summed E-state index contributed by atoms with van der Waals surface area (Å²) in [5.41, 5.74) is 2.74. The van der Waals surface area contributed by atoms with Gasteiger partial charge in [-0.25, -0.2) is 9.97 Å². The molecule has 0 spiro atoms. The van der Waals surface area contributed by atoms with Crippen LogP contribution >= 0.6 is 23.3 Å². The lowest BCUT2D eigenvalue weighted by atomic mass is 9.72. The molecule has 11 heteroatoms. The van der Waals surface area contributed by atoms with Crippen molar-refractivity contribution in [2.24, 2.45) is 17.8 Å². The number of thiophene rings is 1. The summed E-state index contributed by atoms with van der Waals surface area (Å²) < 4.78 is 7.36. The minimum atomic E-state index is -0.852. The average molecular weight is 720 g/mol. The summed E-state index contributed by atoms with van der Waals surface area (Å²) in [7, 11) is 1.30. The van der Waals surface area contributed by atoms with Crippen molar-refractivity contribution in [2.45, 2.75) is 96.9 Å². The monoisotopic (exact) mass is 719 g/mol. The van der Waals surface area contributed by atoms with Gasteiger partial charge < -0.3 is 15.0 Å². The van der Waals surface area contributed by atoms with Crippen LogP contribution in [0.5, 0.6) is 0 Å². The lowest BCUT2D eigenvalue weighted by molar-refractivity contribution is -0.137. The zero-order chi connectivity index (χ0) is 35.7. The Morgan fingerprint density at radius 1 is 0.960 bits per heavy atom. The third kappa shape index (κ3) is 10.3. The predicted molar refractivity (Wildman–Crippen MR) is 203 cm³/mol. The number of hydrogen-bond donors (Lipinski definition) is 2. The van der Waals surface area contributed by atoms with Gasteiger partial charge in [-0.05, 0) is 78.5 Å². The fourth-order valence-electron chi connectivity index (χ4n) is 7.24. The highest BCUT2D eigenvalue weighted by atomic mass is 32.2. The smallest absolute Gasteiger partial charge is 0.317 e. The lowest BCUT2D eigenvalue weighted by Crippen LogP contribution is -2.46. The minimum Gasteiger partial charge on any atom is -0.468 e. The van der Waals surface area contributed by atoms with E-state index in [0.29, 0.717) is 10.7 Å². The maximum Gasteiger partial charge on any atom is 0.317 e. The van der Waals surface area contributed by atoms with Crippen LogP contribution in [0.25, 0.3) is 11.4 Å². The largest absolute Gasteiger partial charge is 0.468 e. The Bertz CT molecular complexity index is 1550. The standard InChI is InChI=1S/C39H53N5O4S2/c1-6-7-26-8-12-28(13-9-26)29-18-20-44(21-19-29)31-23-40-36(41-24-31)30-14-10-27(11-15-30)22-32(37(46)43-49-25-35(45)48-5)42-38(47)33-16-17-34(50-33)39(2,3)4/h10-11,14-17,23-24,26,28-29,32H,6-9,12-13,18-22,25H2,1-5H3,(H,42,47)(H,43,46). The van der Waals surface area contributed by atoms with E-state index in [1.54, 1.807) is 6.07 Å². The van der Waals surface area contributed by atoms with Gasteiger partial charge in [-0.1, -0.05) is 77.6 Å². The van der Waals surface area contributed by atoms with Crippen molar-refractivity contribution < 1.29 is 19.1 Å². The van der Waals surface area contributed by atoms with Crippen molar-refractivity contribution in [2.75, 3.05) is 30.9 Å². The Kier molecular flexibility index (Phi) is 13.4. The molecule has 3 heterocycles. The number of hydrogen-bond acceptors (Lipinski definition) is 9. The van der Waals surface area contributed by atoms with E-state index in [-0.39, 0.29) is 23.5 Å². The number of aromatic nitrogens is 2. The Morgan fingerprint density at radius 3 is 2.22 bits per heavy atom. The summed E-state index contributed by atoms with van der Waals surface area (Å²) in [6.45, 7) is 10.7. The number of ether oxygens (including phenoxy) is 1. The van der Waals surface area contributed by atoms with E-state index in [1.165, 1.54) is 69.8 Å². The van der Waals surface area contributed by atoms with E-state index in [0.717, 1.165) is 64.5 Å². The van der Waals surface area contributed by atoms with E-state index >= 15 is 0 Å². The number of nitrogens with one attached hydrogen (secondary N) is 2. The molecule has 2 aromatic heterocycles. The van der Waals surface area contributed by atoms with Crippen LogP contribution in [0.1, 0.15) is 99.2 Å². The molecule has 5 rings (SSSR count). The third-order valence-corrected chi connectivity index (χ3v) is 12.5. The van der Waals surface area contributed by atoms with Crippen LogP contribution in [-0.2, 0) is 26.2 Å². The van der Waals surface area contributed by atoms with Crippen molar-refractivity contribution in [1.29, 1.82) is 0 Å². The average Bonchev–Trinajstić information content (AvgIpc) is 3.64. The van der Waals surface area contributed by atoms with Gasteiger partial charge in [0.15, 0.2) is 5.82 Å². The second kappa shape index (κ2) is 17.7. The van der Waals surface area contributed by atoms with Gasteiger partial charge in [-0.2, -0.15) is 0 Å². The molecule has 9 nitrogen and oxygen atoms in total. The van der Waals surface area contributed by atoms with Crippen LogP contribution in [-0.4, -0.2) is 59.7 Å². The normalized spacial score (nSPS) is 19.1. The molecule has 270 valence electrons. The first-order valence-corrected chi connectivity index (χ1v) is 19.9. The molecule has 1 aliphatic heterocycles. The van der Waals surface area contributed by atoms with Crippen molar-refractivity contribution in [3.05, 3.63) is 64.1 Å². The molecule has 1 saturated carbocycles. The molecule has 3 aromatic rings. The van der Waals surface area contributed by atoms with Crippen LogP contribution < -0.4 is 14.9 Å². The maximum absolute atomic E-state index is 13.2. The fraction of sp³-hybridized carbons (Fsp3) is 0.564. The molecule has 1 aromatic carbocycles. The zero-order valence-corrected chi connectivity index (χ0v) is 31.8. The van der Waals surface area contributed by atoms with Gasteiger partial charge in [-0.15, -0.1) is 11.3 Å². The Hall–Kier alpha value is -3.44. The highest BCUT2D eigenvalue weighted by Gasteiger charge is 2.30. The zero-order valence-electron chi connectivity index (χ0n) is 30.2. The van der Waals surface area contributed by atoms with Crippen LogP contribution in [0.3, 0.4) is 0 Å². The molecule has 1 atom stereocenters. The molecular formula is C39H53N5O4S2. The van der Waals surface area contributed by atoms with Gasteiger partial charge in [0.1, 0.15) is 11.8 Å². The number of benzene rings is 1. The molecule has 0 bridgehead atoms. The van der Waals surface area contributed by atoms with Crippen LogP contribution in [0, 0.1) is 17.8 Å². The van der Waals surface area contributed by atoms with E-state index in [4.69, 9.17) is 9.97 Å². The van der Waals surface area contributed by atoms with Gasteiger partial charge >= 0.3 is 5.97 Å². The Labute approximate surface area is 305 Å². The van der Waals surface area contributed by atoms with Crippen molar-refractivity contribution in [3.63, 3.8) is 0 Å². The second-order valence-electron chi connectivity index (χ2n) is 14.8. The number of anilines is 1. The SMILES string of the molecule is CCCC1CCC(C2CCN(c3cnc(-c4ccc(CC(NC(=O)c5ccc(C(C)(C)C)s5)C(=O)NSCC(=O)OC)cc4)nc3)CC2)CC1. The first-order valence-electron chi connectivity index (χ1n) is 18.1. The van der Waals surface area contributed by atoms with Gasteiger partial charge in [0, 0.05) is 30.0 Å². The van der Waals surface area contributed by atoms with E-state index in [9.17, 15) is 14.4 Å². The summed E-state index contributed by atoms with van der Waals surface area (Å²) in [6, 6.07) is 10.7. The molecule has 1 saturated heterocycles. The molecule has 2 aliphatic rings. The predicted octanol–water partition coefficient (Wildman–Crippen LogP) is 7.60. The molecule has 2 fully saturated rings. The fourth-order valence-corrected chi connectivity index (χ4v) is 8.80. The number of rotatable bonds is 13. The lowest BCUT2D eigenvalue weighted by Gasteiger charge is -2.39. The van der Waals surface area contributed by atoms with Crippen molar-refractivity contribution in [3.8, 4) is 11.4 Å². The molecule has 0 radical (unpaired) electrons. The number of nitrogens with zero attached hydrogens (tertiary/aromatic N) is 3. The van der Waals surface area contributed by atoms with Gasteiger partial charge in [0.2, 0.25) is 0 Å². The quantitative estimate of drug-likeness (QED) is 0.137. The van der Waals surface area contributed by atoms with Crippen LogP contribution in [0.2, 0.25) is 0 Å². The van der Waals surface area contributed by atoms with E-state index in [2.05, 4.69) is 47.4 Å². The number of carbonyl (C=O) groups is 3. The number of methoxy groups -OCH3 is 1. The number of esters is 1. The number of amides is 2. The van der Waals surface area contributed by atoms with Gasteiger partial charge in [0.25, 0.3) is 11.8 Å². The molecule has 50 heavy (non-hydrogen) atoms. The number of carbonyl (C=O) groups excluding carboxylic acids is 3. The molecule has 2 amide bonds. The summed E-state index contributed by atoms with van der Waals surface area (Å²) in [4.78, 5) is 51.5. The first-order chi connectivity index (χ1) is 24.0. The van der Waals surface area contributed by atoms with Gasteiger partial charge in [-0.3, -0.25) is 19.1 Å². The summed E-state index contributed by atoms with van der Waals surface area (Å²) in [5, 5.41) is 2.91. The van der Waals surface area contributed by atoms with Gasteiger partial charge in [0.05, 0.1) is 30.1 Å². The topological polar surface area (TPSA) is 114 Å². The molecule has 1 unspecified atom stereocenters. The van der Waals surface area contributed by atoms with Crippen molar-refractivity contribution in [1.82, 2.24) is 20.0 Å². The first kappa shape index (κ1) is 37.8. The highest BCUT2D eigenvalue weighted by Crippen LogP contribution is 2.39. The van der Waals surface area contributed by atoms with E-state index in [1.807, 2.05) is 42.7 Å². The van der Waals surface area contributed by atoms with Crippen molar-refractivity contribution >= 4 is 46.8 Å². The Morgan fingerprint density at radius 2 is 1.62 bits per heavy atom. The van der Waals surface area contributed by atoms with E-state index < -0.39 is 17.9 Å². The summed E-state index contributed by atoms with van der Waals surface area (Å²) in [5.74, 6) is 2.17. The summed E-state index contributed by atoms with van der Waals surface area (Å²) in [6.07, 6.45) is 15.0. The minimum absolute atomic E-state index is 0.0332. The number of piperidine rings is 1. The second-order valence-corrected chi connectivity index (χ2v) is 16.7. The third-order valence-electron chi connectivity index (χ3n) is 10.2. The molecular weight excluding hydrogens is 667 g/mol. The highest BCUT2D eigenvalue weighted by molar-refractivity contribution is 7.98. The maximum atomic E-state index is 13.2. The summed E-state index contributed by atoms with van der Waals surface area (Å²) >= 11 is 2.36. The molecule has 2 N–H and O–H groups in total. The molecule has 1 aliphatic carbocycles. The van der Waals surface area contributed by atoms with Crippen LogP contribution in [0.15, 0.2) is 48.8 Å².